The van der Waals surface area contributed by atoms with Crippen molar-refractivity contribution < 1.29 is 8.42 Å². The number of nitrogens with zero attached hydrogens (tertiary/aromatic N) is 4. The van der Waals surface area contributed by atoms with E-state index in [1.54, 1.807) is 36.7 Å². The van der Waals surface area contributed by atoms with E-state index in [-0.39, 0.29) is 10.7 Å². The Morgan fingerprint density at radius 2 is 1.56 bits per heavy atom. The van der Waals surface area contributed by atoms with Gasteiger partial charge >= 0.3 is 0 Å². The average molecular weight is 444 g/mol. The number of aromatic nitrogens is 4. The molecule has 1 aliphatic carbocycles. The predicted octanol–water partition coefficient (Wildman–Crippen LogP) is 3.36. The van der Waals surface area contributed by atoms with Gasteiger partial charge in [-0.3, -0.25) is 9.97 Å². The molecule has 2 N–H and O–H groups in total. The minimum Gasteiger partial charge on any atom is -0.382 e. The van der Waals surface area contributed by atoms with Crippen molar-refractivity contribution in [2.75, 3.05) is 5.73 Å². The number of hydrogen-bond donors (Lipinski definition) is 1. The summed E-state index contributed by atoms with van der Waals surface area (Å²) < 4.78 is 28.1. The molecule has 0 saturated heterocycles. The van der Waals surface area contributed by atoms with Crippen LogP contribution in [0.1, 0.15) is 28.2 Å². The Balaban J connectivity index is 1.71. The zero-order valence-corrected chi connectivity index (χ0v) is 18.2. The number of allylic oxidation sites excluding steroid dienone is 1. The Morgan fingerprint density at radius 3 is 2.12 bits per heavy atom. The van der Waals surface area contributed by atoms with E-state index in [4.69, 9.17) is 5.73 Å². The summed E-state index contributed by atoms with van der Waals surface area (Å²) >= 11 is 0. The Labute approximate surface area is 186 Å². The van der Waals surface area contributed by atoms with Crippen molar-refractivity contribution in [2.24, 2.45) is 0 Å². The molecular formula is C24H21N5O2S. The number of benzene rings is 1. The molecule has 160 valence electrons. The molecule has 0 unspecified atom stereocenters. The molecule has 1 aliphatic rings. The average Bonchev–Trinajstić information content (AvgIpc) is 3.17. The van der Waals surface area contributed by atoms with Gasteiger partial charge in [0.25, 0.3) is 10.0 Å². The molecule has 0 amide bonds. The highest BCUT2D eigenvalue weighted by atomic mass is 32.2. The lowest BCUT2D eigenvalue weighted by Crippen LogP contribution is -2.34. The summed E-state index contributed by atoms with van der Waals surface area (Å²) in [5.74, 6) is 0.169. The van der Waals surface area contributed by atoms with Crippen molar-refractivity contribution >= 4 is 21.9 Å². The third-order valence-corrected chi connectivity index (χ3v) is 7.41. The van der Waals surface area contributed by atoms with Crippen LogP contribution in [0.3, 0.4) is 0 Å². The quantitative estimate of drug-likeness (QED) is 0.519. The molecule has 8 heteroatoms. The summed E-state index contributed by atoms with van der Waals surface area (Å²) in [7, 11) is -3.94. The highest BCUT2D eigenvalue weighted by molar-refractivity contribution is 7.89. The summed E-state index contributed by atoms with van der Waals surface area (Å²) in [6, 6.07) is 18.0. The lowest BCUT2D eigenvalue weighted by atomic mass is 9.73. The number of anilines is 1. The zero-order valence-electron chi connectivity index (χ0n) is 17.4. The van der Waals surface area contributed by atoms with Gasteiger partial charge in [0.1, 0.15) is 0 Å². The van der Waals surface area contributed by atoms with Gasteiger partial charge in [-0.15, -0.1) is 5.10 Å². The standard InChI is InChI=1S/C24H21N5O2S/c1-17-8-10-18(11-9-17)32(30,31)29-20-16-24(21-6-2-4-14-26-21,22-7-3-5-15-27-22)13-12-19(20)23(25)28-29/h2-15H,16H2,1H3,(H2,25,28). The van der Waals surface area contributed by atoms with Crippen molar-refractivity contribution in [1.82, 2.24) is 19.2 Å². The molecule has 1 aromatic carbocycles. The second kappa shape index (κ2) is 7.42. The normalized spacial score (nSPS) is 14.8. The number of nitrogens with two attached hydrogens (primary N) is 1. The predicted molar refractivity (Wildman–Crippen MR) is 122 cm³/mol. The summed E-state index contributed by atoms with van der Waals surface area (Å²) in [5, 5.41) is 4.23. The molecule has 3 aromatic heterocycles. The van der Waals surface area contributed by atoms with Crippen LogP contribution in [0.25, 0.3) is 6.08 Å². The second-order valence-electron chi connectivity index (χ2n) is 7.82. The van der Waals surface area contributed by atoms with Crippen molar-refractivity contribution in [1.29, 1.82) is 0 Å². The zero-order chi connectivity index (χ0) is 22.3. The van der Waals surface area contributed by atoms with Crippen LogP contribution in [-0.2, 0) is 21.9 Å². The number of nitrogen functional groups attached to an aromatic ring is 1. The molecular weight excluding hydrogens is 422 g/mol. The monoisotopic (exact) mass is 443 g/mol. The van der Waals surface area contributed by atoms with Gasteiger partial charge in [0, 0.05) is 24.4 Å². The van der Waals surface area contributed by atoms with Gasteiger partial charge < -0.3 is 5.73 Å². The van der Waals surface area contributed by atoms with Crippen molar-refractivity contribution in [3.05, 3.63) is 107 Å². The van der Waals surface area contributed by atoms with Crippen LogP contribution in [-0.4, -0.2) is 27.6 Å². The minimum atomic E-state index is -3.94. The van der Waals surface area contributed by atoms with Gasteiger partial charge in [-0.05, 0) is 43.3 Å². The van der Waals surface area contributed by atoms with E-state index < -0.39 is 15.4 Å². The van der Waals surface area contributed by atoms with E-state index in [0.717, 1.165) is 21.0 Å². The number of hydrogen-bond acceptors (Lipinski definition) is 6. The number of fused-ring (bicyclic) bond motifs is 1. The fourth-order valence-electron chi connectivity index (χ4n) is 4.10. The summed E-state index contributed by atoms with van der Waals surface area (Å²) in [6.45, 7) is 1.91. The van der Waals surface area contributed by atoms with Crippen LogP contribution in [0.2, 0.25) is 0 Å². The van der Waals surface area contributed by atoms with Crippen LogP contribution in [0, 0.1) is 6.92 Å². The van der Waals surface area contributed by atoms with Crippen molar-refractivity contribution in [3.8, 4) is 0 Å². The fraction of sp³-hybridized carbons (Fsp3) is 0.125. The Kier molecular flexibility index (Phi) is 4.67. The highest BCUT2D eigenvalue weighted by Crippen LogP contribution is 2.41. The number of pyridine rings is 2. The van der Waals surface area contributed by atoms with E-state index in [2.05, 4.69) is 15.1 Å². The van der Waals surface area contributed by atoms with Gasteiger partial charge in [0.2, 0.25) is 0 Å². The van der Waals surface area contributed by atoms with Crippen LogP contribution < -0.4 is 5.73 Å². The highest BCUT2D eigenvalue weighted by Gasteiger charge is 2.41. The van der Waals surface area contributed by atoms with Crippen LogP contribution in [0.5, 0.6) is 0 Å². The first-order valence-corrected chi connectivity index (χ1v) is 11.6. The van der Waals surface area contributed by atoms with Gasteiger partial charge in [0.15, 0.2) is 5.82 Å². The molecule has 0 radical (unpaired) electrons. The molecule has 7 nitrogen and oxygen atoms in total. The van der Waals surface area contributed by atoms with E-state index >= 15 is 0 Å². The molecule has 5 rings (SSSR count). The van der Waals surface area contributed by atoms with E-state index in [1.165, 1.54) is 0 Å². The molecule has 0 fully saturated rings. The maximum Gasteiger partial charge on any atom is 0.283 e. The Morgan fingerprint density at radius 1 is 0.938 bits per heavy atom. The molecule has 32 heavy (non-hydrogen) atoms. The van der Waals surface area contributed by atoms with E-state index in [9.17, 15) is 8.42 Å². The summed E-state index contributed by atoms with van der Waals surface area (Å²) in [6.07, 6.45) is 7.55. The molecule has 0 aliphatic heterocycles. The van der Waals surface area contributed by atoms with E-state index in [1.807, 2.05) is 55.5 Å². The summed E-state index contributed by atoms with van der Waals surface area (Å²) in [4.78, 5) is 9.33. The van der Waals surface area contributed by atoms with Crippen LogP contribution in [0.15, 0.2) is 84.0 Å². The Bertz CT molecular complexity index is 1370. The van der Waals surface area contributed by atoms with Gasteiger partial charge in [-0.25, -0.2) is 0 Å². The molecule has 4 aromatic rings. The second-order valence-corrected chi connectivity index (χ2v) is 9.59. The SMILES string of the molecule is Cc1ccc(S(=O)(=O)n2nc(N)c3c2CC(c2ccccn2)(c2ccccn2)C=C3)cc1. The smallest absolute Gasteiger partial charge is 0.283 e. The molecule has 0 atom stereocenters. The molecule has 0 bridgehead atoms. The lowest BCUT2D eigenvalue weighted by molar-refractivity contribution is 0.554. The van der Waals surface area contributed by atoms with E-state index in [0.29, 0.717) is 17.7 Å². The first kappa shape index (κ1) is 20.1. The van der Waals surface area contributed by atoms with Gasteiger partial charge in [-0.2, -0.15) is 12.5 Å². The molecule has 3 heterocycles. The third-order valence-electron chi connectivity index (χ3n) is 5.79. The largest absolute Gasteiger partial charge is 0.382 e. The fourth-order valence-corrected chi connectivity index (χ4v) is 5.43. The maximum atomic E-state index is 13.5. The van der Waals surface area contributed by atoms with Crippen LogP contribution in [0.4, 0.5) is 5.82 Å². The van der Waals surface area contributed by atoms with Gasteiger partial charge in [0.05, 0.1) is 27.4 Å². The van der Waals surface area contributed by atoms with Crippen molar-refractivity contribution in [3.63, 3.8) is 0 Å². The molecule has 0 saturated carbocycles. The molecule has 0 spiro atoms. The number of rotatable bonds is 4. The first-order valence-electron chi connectivity index (χ1n) is 10.1. The first-order chi connectivity index (χ1) is 15.4. The summed E-state index contributed by atoms with van der Waals surface area (Å²) in [5.41, 5.74) is 8.99. The minimum absolute atomic E-state index is 0.157. The van der Waals surface area contributed by atoms with Crippen LogP contribution >= 0.6 is 0 Å². The van der Waals surface area contributed by atoms with Gasteiger partial charge in [-0.1, -0.05) is 42.0 Å². The Hall–Kier alpha value is -3.78. The van der Waals surface area contributed by atoms with Crippen molar-refractivity contribution in [2.45, 2.75) is 23.7 Å². The lowest BCUT2D eigenvalue weighted by Gasteiger charge is -2.32. The maximum absolute atomic E-state index is 13.5. The number of aryl methyl sites for hydroxylation is 1. The third kappa shape index (κ3) is 3.11. The topological polar surface area (TPSA) is 104 Å².